The van der Waals surface area contributed by atoms with Gasteiger partial charge in [0.2, 0.25) is 0 Å². The third kappa shape index (κ3) is 11.0. The third-order valence-electron chi connectivity index (χ3n) is 5.31. The first-order valence-electron chi connectivity index (χ1n) is 11.3. The molecule has 0 bridgehead atoms. The summed E-state index contributed by atoms with van der Waals surface area (Å²) >= 11 is 1.20. The number of benzene rings is 1. The lowest BCUT2D eigenvalue weighted by molar-refractivity contribution is -0.146. The molecule has 3 N–H and O–H groups in total. The van der Waals surface area contributed by atoms with E-state index in [9.17, 15) is 19.8 Å². The van der Waals surface area contributed by atoms with Gasteiger partial charge in [-0.05, 0) is 24.0 Å². The van der Waals surface area contributed by atoms with Gasteiger partial charge in [-0.15, -0.1) is 11.8 Å². The van der Waals surface area contributed by atoms with E-state index in [1.807, 2.05) is 24.3 Å². The van der Waals surface area contributed by atoms with Crippen molar-refractivity contribution in [2.24, 2.45) is 0 Å². The molecule has 0 aliphatic heterocycles. The largest absolute Gasteiger partial charge is 0.481 e. The van der Waals surface area contributed by atoms with Gasteiger partial charge in [-0.2, -0.15) is 0 Å². The molecular weight excluding hydrogens is 400 g/mol. The smallest absolute Gasteiger partial charge is 0.334 e. The average Bonchev–Trinajstić information content (AvgIpc) is 2.72. The van der Waals surface area contributed by atoms with Crippen LogP contribution in [0.4, 0.5) is 0 Å². The van der Waals surface area contributed by atoms with E-state index < -0.39 is 23.3 Å². The summed E-state index contributed by atoms with van der Waals surface area (Å²) in [5.41, 5.74) is 1.85. The van der Waals surface area contributed by atoms with Crippen LogP contribution >= 0.6 is 11.8 Å². The fraction of sp³-hybridized carbons (Fsp3) is 0.667. The first-order valence-corrected chi connectivity index (χ1v) is 12.3. The van der Waals surface area contributed by atoms with Crippen LogP contribution in [0.1, 0.15) is 93.9 Å². The average molecular weight is 439 g/mol. The zero-order chi connectivity index (χ0) is 22.2. The number of carboxylic acids is 2. The Morgan fingerprint density at radius 2 is 1.47 bits per heavy atom. The molecule has 0 saturated carbocycles. The van der Waals surface area contributed by atoms with Gasteiger partial charge in [0.25, 0.3) is 0 Å². The molecule has 1 aromatic carbocycles. The van der Waals surface area contributed by atoms with Crippen molar-refractivity contribution >= 4 is 23.7 Å². The Morgan fingerprint density at radius 1 is 0.900 bits per heavy atom. The van der Waals surface area contributed by atoms with E-state index in [4.69, 9.17) is 5.11 Å². The molecule has 170 valence electrons. The second-order valence-corrected chi connectivity index (χ2v) is 9.10. The molecule has 0 spiro atoms. The Balaban J connectivity index is 2.53. The lowest BCUT2D eigenvalue weighted by Crippen LogP contribution is -2.27. The van der Waals surface area contributed by atoms with Crippen LogP contribution in [0, 0.1) is 0 Å². The molecule has 6 heteroatoms. The Bertz CT molecular complexity index is 619. The van der Waals surface area contributed by atoms with E-state index in [-0.39, 0.29) is 12.2 Å². The lowest BCUT2D eigenvalue weighted by atomic mass is 9.96. The normalized spacial score (nSPS) is 13.1. The molecule has 30 heavy (non-hydrogen) atoms. The minimum atomic E-state index is -1.56. The van der Waals surface area contributed by atoms with Crippen molar-refractivity contribution in [3.63, 3.8) is 0 Å². The van der Waals surface area contributed by atoms with E-state index in [1.54, 1.807) is 0 Å². The summed E-state index contributed by atoms with van der Waals surface area (Å²) in [4.78, 5) is 22.2. The Kier molecular flexibility index (Phi) is 14.3. The molecule has 1 rings (SSSR count). The number of rotatable bonds is 18. The van der Waals surface area contributed by atoms with Crippen LogP contribution in [-0.4, -0.2) is 39.1 Å². The van der Waals surface area contributed by atoms with Gasteiger partial charge in [-0.1, -0.05) is 89.0 Å². The number of aliphatic hydroxyl groups excluding tert-OH is 1. The summed E-state index contributed by atoms with van der Waals surface area (Å²) in [6, 6.07) is 7.62. The molecule has 1 aromatic rings. The van der Waals surface area contributed by atoms with Gasteiger partial charge >= 0.3 is 11.9 Å². The lowest BCUT2D eigenvalue weighted by Gasteiger charge is -2.22. The maximum atomic E-state index is 11.4. The van der Waals surface area contributed by atoms with Crippen molar-refractivity contribution < 1.29 is 24.9 Å². The number of hydrogen-bond donors (Lipinski definition) is 3. The van der Waals surface area contributed by atoms with Crippen LogP contribution < -0.4 is 0 Å². The molecule has 0 aliphatic rings. The van der Waals surface area contributed by atoms with Crippen LogP contribution in [0.3, 0.4) is 0 Å². The highest BCUT2D eigenvalue weighted by Gasteiger charge is 2.29. The third-order valence-corrected chi connectivity index (χ3v) is 6.63. The number of unbranched alkanes of at least 4 members (excludes halogenated alkanes) is 9. The van der Waals surface area contributed by atoms with Crippen molar-refractivity contribution in [3.8, 4) is 0 Å². The molecule has 2 unspecified atom stereocenters. The Hall–Kier alpha value is -1.53. The Morgan fingerprint density at radius 3 is 2.03 bits per heavy atom. The zero-order valence-electron chi connectivity index (χ0n) is 18.2. The van der Waals surface area contributed by atoms with Gasteiger partial charge in [0.05, 0.1) is 11.7 Å². The maximum Gasteiger partial charge on any atom is 0.334 e. The van der Waals surface area contributed by atoms with Crippen molar-refractivity contribution in [1.82, 2.24) is 0 Å². The summed E-state index contributed by atoms with van der Waals surface area (Å²) in [5.74, 6) is -1.95. The summed E-state index contributed by atoms with van der Waals surface area (Å²) in [7, 11) is 0. The van der Waals surface area contributed by atoms with Gasteiger partial charge < -0.3 is 15.3 Å². The second kappa shape index (κ2) is 16.2. The molecule has 0 aliphatic carbocycles. The summed E-state index contributed by atoms with van der Waals surface area (Å²) in [5, 5.41) is 27.7. The first kappa shape index (κ1) is 26.5. The van der Waals surface area contributed by atoms with E-state index in [1.165, 1.54) is 63.1 Å². The van der Waals surface area contributed by atoms with E-state index >= 15 is 0 Å². The number of aliphatic carboxylic acids is 2. The quantitative estimate of drug-likeness (QED) is 0.249. The van der Waals surface area contributed by atoms with Crippen molar-refractivity contribution in [3.05, 3.63) is 35.4 Å². The number of aliphatic hydroxyl groups is 1. The molecule has 0 aromatic heterocycles. The van der Waals surface area contributed by atoms with Gasteiger partial charge in [-0.25, -0.2) is 4.79 Å². The van der Waals surface area contributed by atoms with Crippen LogP contribution in [0.5, 0.6) is 0 Å². The SMILES string of the molecule is CCCCCCCCCCCCc1ccccc1C(SCCC(=O)O)C(O)C(=O)O. The standard InChI is InChI=1S/C24H38O5S/c1-2-3-4-5-6-7-8-9-10-11-14-19-15-12-13-16-20(19)23(22(27)24(28)29)30-18-17-21(25)26/h12-13,15-16,22-23,27H,2-11,14,17-18H2,1H3,(H,25,26)(H,28,29). The molecular formula is C24H38O5S. The van der Waals surface area contributed by atoms with Crippen molar-refractivity contribution in [2.45, 2.75) is 95.3 Å². The fourth-order valence-corrected chi connectivity index (χ4v) is 4.85. The second-order valence-electron chi connectivity index (χ2n) is 7.85. The van der Waals surface area contributed by atoms with E-state index in [0.717, 1.165) is 30.4 Å². The maximum absolute atomic E-state index is 11.4. The highest BCUT2D eigenvalue weighted by atomic mass is 32.2. The molecule has 0 radical (unpaired) electrons. The number of thioether (sulfide) groups is 1. The van der Waals surface area contributed by atoms with Gasteiger partial charge in [0.1, 0.15) is 0 Å². The van der Waals surface area contributed by atoms with Crippen LogP contribution in [-0.2, 0) is 16.0 Å². The van der Waals surface area contributed by atoms with Crippen LogP contribution in [0.15, 0.2) is 24.3 Å². The molecule has 5 nitrogen and oxygen atoms in total. The topological polar surface area (TPSA) is 94.8 Å². The number of carboxylic acid groups (broad SMARTS) is 2. The summed E-state index contributed by atoms with van der Waals surface area (Å²) in [6.45, 7) is 2.23. The zero-order valence-corrected chi connectivity index (χ0v) is 19.0. The number of hydrogen-bond acceptors (Lipinski definition) is 4. The van der Waals surface area contributed by atoms with Gasteiger partial charge in [0, 0.05) is 5.75 Å². The van der Waals surface area contributed by atoms with Crippen LogP contribution in [0.2, 0.25) is 0 Å². The first-order chi connectivity index (χ1) is 14.5. The molecule has 2 atom stereocenters. The molecule has 0 heterocycles. The minimum absolute atomic E-state index is 0.0614. The molecule has 0 saturated heterocycles. The predicted octanol–water partition coefficient (Wildman–Crippen LogP) is 5.84. The fourth-order valence-electron chi connectivity index (χ4n) is 3.60. The highest BCUT2D eigenvalue weighted by molar-refractivity contribution is 7.99. The number of aryl methyl sites for hydroxylation is 1. The minimum Gasteiger partial charge on any atom is -0.481 e. The van der Waals surface area contributed by atoms with E-state index in [2.05, 4.69) is 6.92 Å². The molecule has 0 fully saturated rings. The van der Waals surface area contributed by atoms with Crippen molar-refractivity contribution in [2.75, 3.05) is 5.75 Å². The van der Waals surface area contributed by atoms with Crippen LogP contribution in [0.25, 0.3) is 0 Å². The summed E-state index contributed by atoms with van der Waals surface area (Å²) in [6.07, 6.45) is 11.8. The number of carbonyl (C=O) groups is 2. The monoisotopic (exact) mass is 438 g/mol. The van der Waals surface area contributed by atoms with Crippen molar-refractivity contribution in [1.29, 1.82) is 0 Å². The summed E-state index contributed by atoms with van der Waals surface area (Å²) < 4.78 is 0. The highest BCUT2D eigenvalue weighted by Crippen LogP contribution is 2.35. The van der Waals surface area contributed by atoms with E-state index in [0.29, 0.717) is 0 Å². The van der Waals surface area contributed by atoms with Gasteiger partial charge in [-0.3, -0.25) is 4.79 Å². The Labute approximate surface area is 185 Å². The van der Waals surface area contributed by atoms with Gasteiger partial charge in [0.15, 0.2) is 6.10 Å². The predicted molar refractivity (Wildman–Crippen MR) is 123 cm³/mol. The molecule has 0 amide bonds.